The summed E-state index contributed by atoms with van der Waals surface area (Å²) in [4.78, 5) is 21.7. The number of aromatic nitrogens is 2. The maximum atomic E-state index is 12.0. The zero-order chi connectivity index (χ0) is 15.2. The second-order valence-corrected chi connectivity index (χ2v) is 4.58. The Morgan fingerprint density at radius 2 is 2.10 bits per heavy atom. The Kier molecular flexibility index (Phi) is 4.81. The molecular formula is C15H16FN3O2. The van der Waals surface area contributed by atoms with Gasteiger partial charge in [0.1, 0.15) is 19.0 Å². The summed E-state index contributed by atoms with van der Waals surface area (Å²) >= 11 is 0. The lowest BCUT2D eigenvalue weighted by atomic mass is 10.1. The van der Waals surface area contributed by atoms with Crippen LogP contribution in [0.3, 0.4) is 0 Å². The number of hydrogen-bond acceptors (Lipinski definition) is 4. The summed E-state index contributed by atoms with van der Waals surface area (Å²) in [6.07, 6.45) is 4.67. The highest BCUT2D eigenvalue weighted by atomic mass is 19.1. The standard InChI is InChI=1S/C15H16FN3O2/c1-19(2)15(20)12-7-11(8-17-9-12)14-4-3-13(10-18-14)21-6-5-16/h3-4,7-10H,5-6H2,1-2H3. The van der Waals surface area contributed by atoms with Crippen molar-refractivity contribution >= 4 is 5.91 Å². The minimum Gasteiger partial charge on any atom is -0.489 e. The predicted molar refractivity (Wildman–Crippen MR) is 77.0 cm³/mol. The summed E-state index contributed by atoms with van der Waals surface area (Å²) in [6.45, 7) is -0.532. The lowest BCUT2D eigenvalue weighted by molar-refractivity contribution is 0.0827. The van der Waals surface area contributed by atoms with E-state index in [1.807, 2.05) is 0 Å². The van der Waals surface area contributed by atoms with Crippen molar-refractivity contribution in [2.45, 2.75) is 0 Å². The number of hydrogen-bond donors (Lipinski definition) is 0. The van der Waals surface area contributed by atoms with Gasteiger partial charge in [0, 0.05) is 32.1 Å². The molecule has 110 valence electrons. The molecule has 21 heavy (non-hydrogen) atoms. The smallest absolute Gasteiger partial charge is 0.254 e. The highest BCUT2D eigenvalue weighted by Gasteiger charge is 2.10. The number of rotatable bonds is 5. The maximum Gasteiger partial charge on any atom is 0.254 e. The maximum absolute atomic E-state index is 12.0. The predicted octanol–water partition coefficient (Wildman–Crippen LogP) is 2.19. The third-order valence-electron chi connectivity index (χ3n) is 2.77. The van der Waals surface area contributed by atoms with E-state index in [9.17, 15) is 9.18 Å². The summed E-state index contributed by atoms with van der Waals surface area (Å²) in [5.74, 6) is 0.386. The van der Waals surface area contributed by atoms with Crippen LogP contribution in [-0.2, 0) is 0 Å². The summed E-state index contributed by atoms with van der Waals surface area (Å²) in [6, 6.07) is 5.19. The molecule has 2 heterocycles. The van der Waals surface area contributed by atoms with Gasteiger partial charge in [0.05, 0.1) is 17.5 Å². The number of pyridine rings is 2. The number of carbonyl (C=O) groups is 1. The molecule has 0 atom stereocenters. The summed E-state index contributed by atoms with van der Waals surface area (Å²) in [7, 11) is 3.37. The van der Waals surface area contributed by atoms with Crippen LogP contribution < -0.4 is 4.74 Å². The molecule has 0 saturated carbocycles. The molecule has 0 aliphatic rings. The average Bonchev–Trinajstić information content (AvgIpc) is 2.52. The molecule has 0 N–H and O–H groups in total. The molecule has 0 aromatic carbocycles. The van der Waals surface area contributed by atoms with Gasteiger partial charge in [-0.2, -0.15) is 0 Å². The summed E-state index contributed by atoms with van der Waals surface area (Å²) in [5, 5.41) is 0. The fraction of sp³-hybridized carbons (Fsp3) is 0.267. The van der Waals surface area contributed by atoms with Crippen LogP contribution >= 0.6 is 0 Å². The van der Waals surface area contributed by atoms with Crippen LogP contribution in [0.5, 0.6) is 5.75 Å². The van der Waals surface area contributed by atoms with Gasteiger partial charge in [0.2, 0.25) is 0 Å². The number of nitrogens with zero attached hydrogens (tertiary/aromatic N) is 3. The van der Waals surface area contributed by atoms with Crippen LogP contribution in [-0.4, -0.2) is 48.2 Å². The second-order valence-electron chi connectivity index (χ2n) is 4.58. The van der Waals surface area contributed by atoms with E-state index in [1.165, 1.54) is 17.3 Å². The highest BCUT2D eigenvalue weighted by molar-refractivity contribution is 5.94. The fourth-order valence-electron chi connectivity index (χ4n) is 1.75. The van der Waals surface area contributed by atoms with E-state index in [-0.39, 0.29) is 12.5 Å². The summed E-state index contributed by atoms with van der Waals surface area (Å²) < 4.78 is 17.1. The Balaban J connectivity index is 2.22. The third-order valence-corrected chi connectivity index (χ3v) is 2.77. The van der Waals surface area contributed by atoms with Crippen LogP contribution in [0.1, 0.15) is 10.4 Å². The van der Waals surface area contributed by atoms with Gasteiger partial charge in [-0.3, -0.25) is 14.8 Å². The molecule has 1 amide bonds. The molecule has 0 aliphatic heterocycles. The van der Waals surface area contributed by atoms with Gasteiger partial charge in [0.15, 0.2) is 0 Å². The molecule has 0 unspecified atom stereocenters. The molecule has 5 nitrogen and oxygen atoms in total. The molecule has 0 spiro atoms. The van der Waals surface area contributed by atoms with Crippen molar-refractivity contribution < 1.29 is 13.9 Å². The van der Waals surface area contributed by atoms with E-state index in [2.05, 4.69) is 9.97 Å². The van der Waals surface area contributed by atoms with Gasteiger partial charge in [-0.25, -0.2) is 4.39 Å². The fourth-order valence-corrected chi connectivity index (χ4v) is 1.75. The second kappa shape index (κ2) is 6.78. The Bertz CT molecular complexity index is 615. The van der Waals surface area contributed by atoms with Crippen LogP contribution in [0.4, 0.5) is 4.39 Å². The van der Waals surface area contributed by atoms with Crippen molar-refractivity contribution in [1.82, 2.24) is 14.9 Å². The van der Waals surface area contributed by atoms with Crippen molar-refractivity contribution in [2.24, 2.45) is 0 Å². The molecule has 0 fully saturated rings. The Hall–Kier alpha value is -2.50. The monoisotopic (exact) mass is 289 g/mol. The zero-order valence-corrected chi connectivity index (χ0v) is 11.9. The first kappa shape index (κ1) is 14.9. The normalized spacial score (nSPS) is 10.2. The molecule has 0 aliphatic carbocycles. The van der Waals surface area contributed by atoms with Gasteiger partial charge in [-0.15, -0.1) is 0 Å². The number of carbonyl (C=O) groups excluding carboxylic acids is 1. The topological polar surface area (TPSA) is 55.3 Å². The van der Waals surface area contributed by atoms with Crippen molar-refractivity contribution in [1.29, 1.82) is 0 Å². The van der Waals surface area contributed by atoms with Gasteiger partial charge in [0.25, 0.3) is 5.91 Å². The molecule has 0 saturated heterocycles. The van der Waals surface area contributed by atoms with Crippen LogP contribution in [0.15, 0.2) is 36.8 Å². The SMILES string of the molecule is CN(C)C(=O)c1cncc(-c2ccc(OCCF)cn2)c1. The Morgan fingerprint density at radius 3 is 2.71 bits per heavy atom. The number of alkyl halides is 1. The van der Waals surface area contributed by atoms with Crippen molar-refractivity contribution in [2.75, 3.05) is 27.4 Å². The molecule has 2 aromatic heterocycles. The van der Waals surface area contributed by atoms with Gasteiger partial charge >= 0.3 is 0 Å². The van der Waals surface area contributed by atoms with Gasteiger partial charge < -0.3 is 9.64 Å². The minimum absolute atomic E-state index is 0.00933. The van der Waals surface area contributed by atoms with Crippen LogP contribution in [0.2, 0.25) is 0 Å². The van der Waals surface area contributed by atoms with E-state index in [0.717, 1.165) is 5.56 Å². The van der Waals surface area contributed by atoms with Crippen LogP contribution in [0, 0.1) is 0 Å². The largest absolute Gasteiger partial charge is 0.489 e. The highest BCUT2D eigenvalue weighted by Crippen LogP contribution is 2.20. The molecule has 6 heteroatoms. The van der Waals surface area contributed by atoms with E-state index < -0.39 is 6.67 Å². The number of ether oxygens (including phenoxy) is 1. The Labute approximate surface area is 122 Å². The number of halogens is 1. The zero-order valence-electron chi connectivity index (χ0n) is 11.9. The van der Waals surface area contributed by atoms with Gasteiger partial charge in [-0.05, 0) is 18.2 Å². The van der Waals surface area contributed by atoms with E-state index in [0.29, 0.717) is 17.0 Å². The van der Waals surface area contributed by atoms with Gasteiger partial charge in [-0.1, -0.05) is 0 Å². The molecule has 0 bridgehead atoms. The van der Waals surface area contributed by atoms with Crippen LogP contribution in [0.25, 0.3) is 11.3 Å². The minimum atomic E-state index is -0.541. The first-order chi connectivity index (χ1) is 10.1. The van der Waals surface area contributed by atoms with Crippen molar-refractivity contribution in [3.63, 3.8) is 0 Å². The van der Waals surface area contributed by atoms with E-state index >= 15 is 0 Å². The van der Waals surface area contributed by atoms with E-state index in [4.69, 9.17) is 4.74 Å². The lowest BCUT2D eigenvalue weighted by Crippen LogP contribution is -2.21. The first-order valence-corrected chi connectivity index (χ1v) is 6.43. The molecular weight excluding hydrogens is 273 g/mol. The molecule has 2 aromatic rings. The Morgan fingerprint density at radius 1 is 1.29 bits per heavy atom. The van der Waals surface area contributed by atoms with Crippen molar-refractivity contribution in [3.05, 3.63) is 42.4 Å². The number of amides is 1. The third kappa shape index (κ3) is 3.75. The van der Waals surface area contributed by atoms with E-state index in [1.54, 1.807) is 38.5 Å². The molecule has 0 radical (unpaired) electrons. The quantitative estimate of drug-likeness (QED) is 0.846. The first-order valence-electron chi connectivity index (χ1n) is 6.43. The average molecular weight is 289 g/mol. The molecule has 2 rings (SSSR count). The lowest BCUT2D eigenvalue weighted by Gasteiger charge is -2.10. The summed E-state index contributed by atoms with van der Waals surface area (Å²) in [5.41, 5.74) is 1.90. The van der Waals surface area contributed by atoms with Crippen molar-refractivity contribution in [3.8, 4) is 17.0 Å².